The van der Waals surface area contributed by atoms with Crippen LogP contribution in [0.5, 0.6) is 0 Å². The molecule has 100 valence electrons. The van der Waals surface area contributed by atoms with Crippen LogP contribution in [0.3, 0.4) is 0 Å². The molecule has 0 radical (unpaired) electrons. The summed E-state index contributed by atoms with van der Waals surface area (Å²) in [6, 6.07) is 0. The minimum Gasteiger partial charge on any atom is -0.330 e. The van der Waals surface area contributed by atoms with Crippen LogP contribution in [0.15, 0.2) is 0 Å². The van der Waals surface area contributed by atoms with E-state index in [0.29, 0.717) is 0 Å². The molecule has 0 rings (SSSR count). The van der Waals surface area contributed by atoms with Crippen LogP contribution in [0, 0.1) is 0 Å². The molecule has 0 heterocycles. The first-order chi connectivity index (χ1) is 7.41. The monoisotopic (exact) mass is 341 g/mol. The van der Waals surface area contributed by atoms with Crippen LogP contribution in [-0.4, -0.2) is 6.54 Å². The molecule has 0 aromatic carbocycles. The molecule has 0 spiro atoms. The lowest BCUT2D eigenvalue weighted by Crippen LogP contribution is -1.97. The zero-order valence-corrected chi connectivity index (χ0v) is 13.5. The summed E-state index contributed by atoms with van der Waals surface area (Å²) in [6.07, 6.45) is 16.9. The van der Waals surface area contributed by atoms with Gasteiger partial charge in [-0.1, -0.05) is 77.6 Å². The van der Waals surface area contributed by atoms with Crippen molar-refractivity contribution in [3.8, 4) is 0 Å². The first-order valence-electron chi connectivity index (χ1n) is 7.12. The van der Waals surface area contributed by atoms with Crippen LogP contribution < -0.4 is 5.73 Å². The predicted molar refractivity (Wildman–Crippen MR) is 85.5 cm³/mol. The minimum atomic E-state index is 0. The number of nitrogens with two attached hydrogens (primary N) is 1. The molecule has 0 atom stereocenters. The van der Waals surface area contributed by atoms with Gasteiger partial charge in [0.05, 0.1) is 0 Å². The van der Waals surface area contributed by atoms with E-state index in [1.54, 1.807) is 0 Å². The topological polar surface area (TPSA) is 26.0 Å². The van der Waals surface area contributed by atoms with Gasteiger partial charge in [-0.15, -0.1) is 24.0 Å². The molecule has 0 fully saturated rings. The highest BCUT2D eigenvalue weighted by Gasteiger charge is 1.92. The fourth-order valence-corrected chi connectivity index (χ4v) is 1.99. The fraction of sp³-hybridized carbons (Fsp3) is 1.00. The van der Waals surface area contributed by atoms with Crippen LogP contribution in [0.25, 0.3) is 0 Å². The third-order valence-electron chi connectivity index (χ3n) is 3.06. The summed E-state index contributed by atoms with van der Waals surface area (Å²) >= 11 is 0. The molecule has 1 nitrogen and oxygen atoms in total. The molecule has 0 aliphatic carbocycles. The van der Waals surface area contributed by atoms with E-state index in [1.807, 2.05) is 0 Å². The average Bonchev–Trinajstić information content (AvgIpc) is 2.26. The van der Waals surface area contributed by atoms with Crippen LogP contribution in [0.4, 0.5) is 0 Å². The Bertz CT molecular complexity index is 94.9. The lowest BCUT2D eigenvalue weighted by atomic mass is 10.1. The summed E-state index contributed by atoms with van der Waals surface area (Å²) in [6.45, 7) is 3.15. The Kier molecular flexibility index (Phi) is 21.5. The van der Waals surface area contributed by atoms with E-state index in [2.05, 4.69) is 6.92 Å². The van der Waals surface area contributed by atoms with Gasteiger partial charge in [0.1, 0.15) is 0 Å². The molecule has 0 aromatic heterocycles. The maximum absolute atomic E-state index is 5.45. The zero-order chi connectivity index (χ0) is 11.2. The minimum absolute atomic E-state index is 0. The molecule has 0 aliphatic heterocycles. The molecular weight excluding hydrogens is 309 g/mol. The van der Waals surface area contributed by atoms with Gasteiger partial charge in [0.25, 0.3) is 0 Å². The van der Waals surface area contributed by atoms with E-state index < -0.39 is 0 Å². The second-order valence-corrected chi connectivity index (χ2v) is 4.68. The predicted octanol–water partition coefficient (Wildman–Crippen LogP) is 5.26. The number of rotatable bonds is 12. The maximum atomic E-state index is 5.45. The second kappa shape index (κ2) is 18.1. The lowest BCUT2D eigenvalue weighted by Gasteiger charge is -2.01. The van der Waals surface area contributed by atoms with E-state index in [0.717, 1.165) is 6.54 Å². The normalized spacial score (nSPS) is 10.1. The highest BCUT2D eigenvalue weighted by molar-refractivity contribution is 14.0. The zero-order valence-electron chi connectivity index (χ0n) is 11.2. The van der Waals surface area contributed by atoms with E-state index >= 15 is 0 Å². The van der Waals surface area contributed by atoms with Gasteiger partial charge in [-0.05, 0) is 13.0 Å². The quantitative estimate of drug-likeness (QED) is 0.380. The first-order valence-corrected chi connectivity index (χ1v) is 7.12. The van der Waals surface area contributed by atoms with Crippen molar-refractivity contribution in [1.82, 2.24) is 0 Å². The summed E-state index contributed by atoms with van der Waals surface area (Å²) < 4.78 is 0. The number of halogens is 1. The molecular formula is C14H32IN. The van der Waals surface area contributed by atoms with Crippen molar-refractivity contribution in [3.63, 3.8) is 0 Å². The molecule has 2 heteroatoms. The Labute approximate surface area is 120 Å². The Morgan fingerprint density at radius 1 is 0.562 bits per heavy atom. The number of hydrogen-bond acceptors (Lipinski definition) is 1. The average molecular weight is 341 g/mol. The van der Waals surface area contributed by atoms with Gasteiger partial charge in [-0.2, -0.15) is 0 Å². The lowest BCUT2D eigenvalue weighted by molar-refractivity contribution is 0.545. The van der Waals surface area contributed by atoms with Crippen LogP contribution in [-0.2, 0) is 0 Å². The second-order valence-electron chi connectivity index (χ2n) is 4.68. The van der Waals surface area contributed by atoms with Gasteiger partial charge in [0, 0.05) is 0 Å². The third kappa shape index (κ3) is 17.1. The highest BCUT2D eigenvalue weighted by Crippen LogP contribution is 2.11. The van der Waals surface area contributed by atoms with Crippen LogP contribution in [0.2, 0.25) is 0 Å². The van der Waals surface area contributed by atoms with Gasteiger partial charge in [-0.3, -0.25) is 0 Å². The Hall–Kier alpha value is 0.690. The van der Waals surface area contributed by atoms with Crippen molar-refractivity contribution >= 4 is 24.0 Å². The third-order valence-corrected chi connectivity index (χ3v) is 3.06. The smallest absolute Gasteiger partial charge is 0.00773 e. The van der Waals surface area contributed by atoms with Gasteiger partial charge in [-0.25, -0.2) is 0 Å². The number of unbranched alkanes of at least 4 members (excludes halogenated alkanes) is 11. The summed E-state index contributed by atoms with van der Waals surface area (Å²) in [5.41, 5.74) is 5.45. The molecule has 0 aromatic rings. The summed E-state index contributed by atoms with van der Waals surface area (Å²) in [5, 5.41) is 0. The van der Waals surface area contributed by atoms with Crippen molar-refractivity contribution in [2.45, 2.75) is 84.0 Å². The maximum Gasteiger partial charge on any atom is -0.00773 e. The van der Waals surface area contributed by atoms with E-state index in [-0.39, 0.29) is 24.0 Å². The molecule has 16 heavy (non-hydrogen) atoms. The van der Waals surface area contributed by atoms with E-state index in [9.17, 15) is 0 Å². The fourth-order valence-electron chi connectivity index (χ4n) is 1.99. The van der Waals surface area contributed by atoms with E-state index in [1.165, 1.54) is 77.0 Å². The standard InChI is InChI=1S/C14H31N.HI/c1-2-3-4-5-6-7-8-9-10-11-12-13-14-15;/h2-15H2,1H3;1H. The van der Waals surface area contributed by atoms with E-state index in [4.69, 9.17) is 5.73 Å². The largest absolute Gasteiger partial charge is 0.330 e. The summed E-state index contributed by atoms with van der Waals surface area (Å²) in [5.74, 6) is 0. The van der Waals surface area contributed by atoms with Crippen molar-refractivity contribution < 1.29 is 0 Å². The van der Waals surface area contributed by atoms with Crippen molar-refractivity contribution in [2.24, 2.45) is 5.73 Å². The number of hydrogen-bond donors (Lipinski definition) is 1. The van der Waals surface area contributed by atoms with Crippen molar-refractivity contribution in [1.29, 1.82) is 0 Å². The van der Waals surface area contributed by atoms with Gasteiger partial charge in [0.15, 0.2) is 0 Å². The van der Waals surface area contributed by atoms with Crippen LogP contribution in [0.1, 0.15) is 84.0 Å². The summed E-state index contributed by atoms with van der Waals surface area (Å²) in [7, 11) is 0. The molecule has 0 saturated heterocycles. The van der Waals surface area contributed by atoms with Gasteiger partial charge in [0.2, 0.25) is 0 Å². The van der Waals surface area contributed by atoms with Gasteiger partial charge < -0.3 is 5.73 Å². The molecule has 0 aliphatic rings. The Morgan fingerprint density at radius 3 is 1.19 bits per heavy atom. The van der Waals surface area contributed by atoms with Crippen molar-refractivity contribution in [3.05, 3.63) is 0 Å². The SMILES string of the molecule is CCCCCCCCCCCCCCN.I. The molecule has 0 unspecified atom stereocenters. The molecule has 2 N–H and O–H groups in total. The highest BCUT2D eigenvalue weighted by atomic mass is 127. The first kappa shape index (κ1) is 19.0. The molecule has 0 amide bonds. The Morgan fingerprint density at radius 2 is 0.875 bits per heavy atom. The van der Waals surface area contributed by atoms with Crippen molar-refractivity contribution in [2.75, 3.05) is 6.54 Å². The van der Waals surface area contributed by atoms with Gasteiger partial charge >= 0.3 is 0 Å². The molecule has 0 bridgehead atoms. The van der Waals surface area contributed by atoms with Crippen LogP contribution >= 0.6 is 24.0 Å². The summed E-state index contributed by atoms with van der Waals surface area (Å²) in [4.78, 5) is 0. The Balaban J connectivity index is 0. The molecule has 0 saturated carbocycles.